The van der Waals surface area contributed by atoms with Gasteiger partial charge in [0.15, 0.2) is 0 Å². The molecule has 4 aromatic rings. The fourth-order valence-electron chi connectivity index (χ4n) is 5.08. The molecule has 1 fully saturated rings. The number of benzene rings is 3. The Balaban J connectivity index is 1.48. The van der Waals surface area contributed by atoms with Crippen molar-refractivity contribution in [3.8, 4) is 11.3 Å². The van der Waals surface area contributed by atoms with Crippen LogP contribution in [0.2, 0.25) is 5.02 Å². The van der Waals surface area contributed by atoms with Crippen molar-refractivity contribution in [2.45, 2.75) is 38.0 Å². The van der Waals surface area contributed by atoms with Gasteiger partial charge in [-0.25, -0.2) is 14.4 Å². The minimum absolute atomic E-state index is 0.0570. The predicted molar refractivity (Wildman–Crippen MR) is 151 cm³/mol. The summed E-state index contributed by atoms with van der Waals surface area (Å²) >= 11 is 5.97. The van der Waals surface area contributed by atoms with Crippen molar-refractivity contribution in [3.05, 3.63) is 113 Å². The molecule has 1 amide bonds. The number of aliphatic hydroxyl groups excluding tert-OH is 1. The molecule has 39 heavy (non-hydrogen) atoms. The highest BCUT2D eigenvalue weighted by atomic mass is 35.5. The molecular formula is C31H30ClFN4O2. The molecule has 200 valence electrons. The van der Waals surface area contributed by atoms with E-state index in [1.54, 1.807) is 23.2 Å². The lowest BCUT2D eigenvalue weighted by Gasteiger charge is -2.39. The molecule has 2 atom stereocenters. The number of carbonyl (C=O) groups excluding carboxylic acids is 1. The fourth-order valence-corrected chi connectivity index (χ4v) is 5.28. The third-order valence-corrected chi connectivity index (χ3v) is 7.40. The molecular weight excluding hydrogens is 515 g/mol. The van der Waals surface area contributed by atoms with E-state index in [9.17, 15) is 14.3 Å². The van der Waals surface area contributed by atoms with E-state index in [1.807, 2.05) is 72.6 Å². The number of hydrogen-bond acceptors (Lipinski definition) is 5. The molecule has 8 heteroatoms. The lowest BCUT2D eigenvalue weighted by molar-refractivity contribution is 0.0212. The van der Waals surface area contributed by atoms with Crippen LogP contribution in [0.15, 0.2) is 85.1 Å². The number of carbonyl (C=O) groups is 1. The van der Waals surface area contributed by atoms with E-state index >= 15 is 0 Å². The SMILES string of the molecule is CN(Cc1ccc(F)c(Cl)c1)c1ncc(C(=O)N2CCCCC2C(O)c2ccccc2)c(-c2ccccc2)n1. The molecule has 1 aromatic heterocycles. The highest BCUT2D eigenvalue weighted by Crippen LogP contribution is 2.32. The quantitative estimate of drug-likeness (QED) is 0.296. The van der Waals surface area contributed by atoms with Crippen molar-refractivity contribution in [1.29, 1.82) is 0 Å². The van der Waals surface area contributed by atoms with Crippen LogP contribution in [-0.2, 0) is 6.54 Å². The first kappa shape index (κ1) is 26.8. The summed E-state index contributed by atoms with van der Waals surface area (Å²) in [5, 5.41) is 11.3. The van der Waals surface area contributed by atoms with Gasteiger partial charge >= 0.3 is 0 Å². The van der Waals surface area contributed by atoms with Crippen LogP contribution >= 0.6 is 11.6 Å². The summed E-state index contributed by atoms with van der Waals surface area (Å²) in [4.78, 5) is 27.0. The zero-order valence-electron chi connectivity index (χ0n) is 21.7. The summed E-state index contributed by atoms with van der Waals surface area (Å²) in [7, 11) is 1.83. The smallest absolute Gasteiger partial charge is 0.258 e. The molecule has 0 bridgehead atoms. The summed E-state index contributed by atoms with van der Waals surface area (Å²) in [6.07, 6.45) is 3.31. The molecule has 1 N–H and O–H groups in total. The topological polar surface area (TPSA) is 69.6 Å². The molecule has 2 heterocycles. The number of halogens is 2. The molecule has 0 aliphatic carbocycles. The van der Waals surface area contributed by atoms with E-state index in [0.29, 0.717) is 36.7 Å². The van der Waals surface area contributed by atoms with Gasteiger partial charge in [-0.1, -0.05) is 78.3 Å². The Kier molecular flexibility index (Phi) is 8.19. The first-order valence-corrected chi connectivity index (χ1v) is 13.4. The van der Waals surface area contributed by atoms with Crippen LogP contribution in [0.25, 0.3) is 11.3 Å². The van der Waals surface area contributed by atoms with Gasteiger partial charge in [0, 0.05) is 31.9 Å². The molecule has 6 nitrogen and oxygen atoms in total. The number of anilines is 1. The highest BCUT2D eigenvalue weighted by Gasteiger charge is 2.34. The lowest BCUT2D eigenvalue weighted by atomic mass is 9.92. The number of amides is 1. The Morgan fingerprint density at radius 3 is 2.54 bits per heavy atom. The van der Waals surface area contributed by atoms with Crippen molar-refractivity contribution in [2.75, 3.05) is 18.5 Å². The number of piperidine rings is 1. The third kappa shape index (κ3) is 5.95. The Labute approximate surface area is 232 Å². The van der Waals surface area contributed by atoms with Gasteiger partial charge < -0.3 is 14.9 Å². The Morgan fingerprint density at radius 2 is 1.82 bits per heavy atom. The van der Waals surface area contributed by atoms with Gasteiger partial charge in [-0.05, 0) is 42.5 Å². The molecule has 1 saturated heterocycles. The molecule has 0 spiro atoms. The van der Waals surface area contributed by atoms with E-state index in [0.717, 1.165) is 29.5 Å². The first-order valence-electron chi connectivity index (χ1n) is 13.0. The van der Waals surface area contributed by atoms with Crippen LogP contribution in [0.3, 0.4) is 0 Å². The standard InChI is InChI=1S/C31H30ClFN4O2/c1-36(20-21-15-16-26(33)25(32)18-21)31-34-19-24(28(35-31)22-10-4-2-5-11-22)30(39)37-17-9-8-14-27(37)29(38)23-12-6-3-7-13-23/h2-7,10-13,15-16,18-19,27,29,38H,8-9,14,17,20H2,1H3. The molecule has 1 aliphatic rings. The van der Waals surface area contributed by atoms with Crippen molar-refractivity contribution < 1.29 is 14.3 Å². The van der Waals surface area contributed by atoms with E-state index in [2.05, 4.69) is 4.98 Å². The predicted octanol–water partition coefficient (Wildman–Crippen LogP) is 6.30. The Morgan fingerprint density at radius 1 is 1.10 bits per heavy atom. The molecule has 3 aromatic carbocycles. The number of nitrogens with zero attached hydrogens (tertiary/aromatic N) is 4. The summed E-state index contributed by atoms with van der Waals surface area (Å²) in [5.41, 5.74) is 3.29. The summed E-state index contributed by atoms with van der Waals surface area (Å²) in [6.45, 7) is 0.952. The minimum atomic E-state index is -0.788. The maximum absolute atomic E-state index is 14.1. The van der Waals surface area contributed by atoms with Crippen molar-refractivity contribution in [1.82, 2.24) is 14.9 Å². The lowest BCUT2D eigenvalue weighted by Crippen LogP contribution is -2.47. The Hall–Kier alpha value is -3.81. The summed E-state index contributed by atoms with van der Waals surface area (Å²) < 4.78 is 13.6. The monoisotopic (exact) mass is 544 g/mol. The maximum Gasteiger partial charge on any atom is 0.258 e. The second-order valence-corrected chi connectivity index (χ2v) is 10.2. The van der Waals surface area contributed by atoms with Crippen LogP contribution in [0.4, 0.5) is 10.3 Å². The summed E-state index contributed by atoms with van der Waals surface area (Å²) in [6, 6.07) is 23.3. The van der Waals surface area contributed by atoms with Gasteiger partial charge in [0.05, 0.1) is 28.4 Å². The van der Waals surface area contributed by atoms with Gasteiger partial charge in [-0.15, -0.1) is 0 Å². The number of rotatable bonds is 7. The molecule has 0 radical (unpaired) electrons. The van der Waals surface area contributed by atoms with E-state index in [-0.39, 0.29) is 17.0 Å². The average molecular weight is 545 g/mol. The highest BCUT2D eigenvalue weighted by molar-refractivity contribution is 6.30. The van der Waals surface area contributed by atoms with Gasteiger partial charge in [-0.3, -0.25) is 4.79 Å². The second-order valence-electron chi connectivity index (χ2n) is 9.82. The maximum atomic E-state index is 14.1. The van der Waals surface area contributed by atoms with Gasteiger partial charge in [0.1, 0.15) is 5.82 Å². The van der Waals surface area contributed by atoms with Crippen LogP contribution < -0.4 is 4.90 Å². The average Bonchev–Trinajstić information content (AvgIpc) is 2.99. The summed E-state index contributed by atoms with van der Waals surface area (Å²) in [5.74, 6) is -0.250. The van der Waals surface area contributed by atoms with E-state index in [1.165, 1.54) is 6.07 Å². The number of aromatic nitrogens is 2. The molecule has 5 rings (SSSR count). The zero-order chi connectivity index (χ0) is 27.4. The molecule has 2 unspecified atom stereocenters. The number of likely N-dealkylation sites (tertiary alicyclic amines) is 1. The third-order valence-electron chi connectivity index (χ3n) is 7.11. The fraction of sp³-hybridized carbons (Fsp3) is 0.258. The minimum Gasteiger partial charge on any atom is -0.386 e. The largest absolute Gasteiger partial charge is 0.386 e. The van der Waals surface area contributed by atoms with Crippen LogP contribution in [-0.4, -0.2) is 45.5 Å². The van der Waals surface area contributed by atoms with E-state index in [4.69, 9.17) is 16.6 Å². The molecule has 1 aliphatic heterocycles. The normalized spacial score (nSPS) is 16.1. The molecule has 0 saturated carbocycles. The number of aliphatic hydroxyl groups is 1. The van der Waals surface area contributed by atoms with Crippen LogP contribution in [0.1, 0.15) is 46.9 Å². The first-order chi connectivity index (χ1) is 18.9. The van der Waals surface area contributed by atoms with E-state index < -0.39 is 11.9 Å². The Bertz CT molecular complexity index is 1440. The van der Waals surface area contributed by atoms with Crippen molar-refractivity contribution in [3.63, 3.8) is 0 Å². The van der Waals surface area contributed by atoms with Crippen LogP contribution in [0, 0.1) is 5.82 Å². The van der Waals surface area contributed by atoms with Gasteiger partial charge in [0.25, 0.3) is 5.91 Å². The van der Waals surface area contributed by atoms with Crippen molar-refractivity contribution in [2.24, 2.45) is 0 Å². The zero-order valence-corrected chi connectivity index (χ0v) is 22.4. The van der Waals surface area contributed by atoms with Gasteiger partial charge in [-0.2, -0.15) is 0 Å². The second kappa shape index (κ2) is 11.9. The number of hydrogen-bond donors (Lipinski definition) is 1. The van der Waals surface area contributed by atoms with Crippen molar-refractivity contribution >= 4 is 23.5 Å². The van der Waals surface area contributed by atoms with Crippen LogP contribution in [0.5, 0.6) is 0 Å². The van der Waals surface area contributed by atoms with Gasteiger partial charge in [0.2, 0.25) is 5.95 Å².